The van der Waals surface area contributed by atoms with E-state index < -0.39 is 17.7 Å². The van der Waals surface area contributed by atoms with Crippen LogP contribution in [0.2, 0.25) is 0 Å². The fourth-order valence-corrected chi connectivity index (χ4v) is 2.81. The fraction of sp³-hybridized carbons (Fsp3) is 0.143. The van der Waals surface area contributed by atoms with Gasteiger partial charge in [-0.3, -0.25) is 0 Å². The molecule has 0 aromatic heterocycles. The van der Waals surface area contributed by atoms with E-state index in [0.29, 0.717) is 5.56 Å². The molecule has 2 aromatic carbocycles. The van der Waals surface area contributed by atoms with Crippen molar-refractivity contribution in [1.29, 1.82) is 0 Å². The van der Waals surface area contributed by atoms with Gasteiger partial charge in [0.1, 0.15) is 11.6 Å². The van der Waals surface area contributed by atoms with Crippen LogP contribution < -0.4 is 0 Å². The predicted octanol–water partition coefficient (Wildman–Crippen LogP) is 4.61. The van der Waals surface area contributed by atoms with Crippen molar-refractivity contribution in [3.8, 4) is 0 Å². The largest absolute Gasteiger partial charge is 0.388 e. The van der Waals surface area contributed by atoms with Gasteiger partial charge >= 0.3 is 0 Å². The van der Waals surface area contributed by atoms with Gasteiger partial charge in [-0.1, -0.05) is 15.9 Å². The summed E-state index contributed by atoms with van der Waals surface area (Å²) in [6.45, 7) is 0. The molecule has 100 valence electrons. The quantitative estimate of drug-likeness (QED) is 0.694. The zero-order chi connectivity index (χ0) is 14.0. The van der Waals surface area contributed by atoms with Crippen molar-refractivity contribution >= 4 is 38.5 Å². The second-order valence-corrected chi connectivity index (χ2v) is 6.22. The van der Waals surface area contributed by atoms with Crippen molar-refractivity contribution in [2.75, 3.05) is 0 Å². The minimum Gasteiger partial charge on any atom is -0.388 e. The van der Waals surface area contributed by atoms with E-state index in [0.717, 1.165) is 26.2 Å². The van der Waals surface area contributed by atoms with Crippen molar-refractivity contribution in [1.82, 2.24) is 0 Å². The van der Waals surface area contributed by atoms with Gasteiger partial charge in [-0.05, 0) is 70.1 Å². The molecular formula is C14H10BrF2IO. The highest BCUT2D eigenvalue weighted by Crippen LogP contribution is 2.28. The first kappa shape index (κ1) is 14.9. The van der Waals surface area contributed by atoms with Crippen molar-refractivity contribution in [2.45, 2.75) is 12.5 Å². The zero-order valence-corrected chi connectivity index (χ0v) is 13.5. The van der Waals surface area contributed by atoms with Gasteiger partial charge in [-0.25, -0.2) is 8.78 Å². The molecule has 0 aliphatic heterocycles. The first-order chi connectivity index (χ1) is 8.97. The molecule has 0 bridgehead atoms. The topological polar surface area (TPSA) is 20.2 Å². The molecule has 0 heterocycles. The van der Waals surface area contributed by atoms with Crippen LogP contribution in [-0.4, -0.2) is 5.11 Å². The average molecular weight is 439 g/mol. The summed E-state index contributed by atoms with van der Waals surface area (Å²) in [6, 6.07) is 8.77. The van der Waals surface area contributed by atoms with Crippen LogP contribution >= 0.6 is 38.5 Å². The molecule has 1 unspecified atom stereocenters. The average Bonchev–Trinajstić information content (AvgIpc) is 2.36. The molecule has 0 saturated carbocycles. The fourth-order valence-electron chi connectivity index (χ4n) is 1.79. The summed E-state index contributed by atoms with van der Waals surface area (Å²) in [5, 5.41) is 10.2. The lowest BCUT2D eigenvalue weighted by Gasteiger charge is -2.14. The Morgan fingerprint density at radius 3 is 2.63 bits per heavy atom. The van der Waals surface area contributed by atoms with Crippen LogP contribution in [0.3, 0.4) is 0 Å². The second-order valence-electron chi connectivity index (χ2n) is 4.12. The lowest BCUT2D eigenvalue weighted by Crippen LogP contribution is -2.05. The molecule has 2 aromatic rings. The maximum absolute atomic E-state index is 13.5. The highest BCUT2D eigenvalue weighted by molar-refractivity contribution is 14.1. The molecule has 0 aliphatic rings. The predicted molar refractivity (Wildman–Crippen MR) is 81.9 cm³/mol. The normalized spacial score (nSPS) is 12.5. The molecule has 2 rings (SSSR count). The van der Waals surface area contributed by atoms with Crippen LogP contribution in [0.1, 0.15) is 17.2 Å². The smallest absolute Gasteiger partial charge is 0.126 e. The molecule has 0 saturated heterocycles. The lowest BCUT2D eigenvalue weighted by atomic mass is 10.0. The first-order valence-corrected chi connectivity index (χ1v) is 7.41. The van der Waals surface area contributed by atoms with Crippen LogP contribution in [-0.2, 0) is 6.42 Å². The molecular weight excluding hydrogens is 429 g/mol. The van der Waals surface area contributed by atoms with Crippen molar-refractivity contribution in [3.63, 3.8) is 0 Å². The summed E-state index contributed by atoms with van der Waals surface area (Å²) >= 11 is 5.48. The summed E-state index contributed by atoms with van der Waals surface area (Å²) in [6.07, 6.45) is -0.858. The number of hydrogen-bond donors (Lipinski definition) is 1. The van der Waals surface area contributed by atoms with Crippen LogP contribution in [0, 0.1) is 15.2 Å². The van der Waals surface area contributed by atoms with Crippen LogP contribution in [0.5, 0.6) is 0 Å². The third-order valence-electron chi connectivity index (χ3n) is 2.74. The summed E-state index contributed by atoms with van der Waals surface area (Å²) in [5.41, 5.74) is 0.828. The SMILES string of the molecule is OC(Cc1cc(F)ccc1F)c1cc(I)ccc1Br. The molecule has 0 radical (unpaired) electrons. The number of benzene rings is 2. The lowest BCUT2D eigenvalue weighted by molar-refractivity contribution is 0.176. The van der Waals surface area contributed by atoms with E-state index in [1.165, 1.54) is 0 Å². The summed E-state index contributed by atoms with van der Waals surface area (Å²) in [7, 11) is 0. The van der Waals surface area contributed by atoms with Gasteiger partial charge in [0.05, 0.1) is 6.10 Å². The van der Waals surface area contributed by atoms with Gasteiger partial charge in [-0.2, -0.15) is 0 Å². The Morgan fingerprint density at radius 2 is 1.89 bits per heavy atom. The highest BCUT2D eigenvalue weighted by Gasteiger charge is 2.15. The summed E-state index contributed by atoms with van der Waals surface area (Å²) in [5.74, 6) is -1.02. The van der Waals surface area contributed by atoms with E-state index >= 15 is 0 Å². The Hall–Kier alpha value is -0.530. The minimum atomic E-state index is -0.889. The summed E-state index contributed by atoms with van der Waals surface area (Å²) in [4.78, 5) is 0. The molecule has 19 heavy (non-hydrogen) atoms. The number of rotatable bonds is 3. The van der Waals surface area contributed by atoms with E-state index in [9.17, 15) is 13.9 Å². The van der Waals surface area contributed by atoms with Gasteiger partial charge in [-0.15, -0.1) is 0 Å². The minimum absolute atomic E-state index is 0.0300. The van der Waals surface area contributed by atoms with Gasteiger partial charge in [0.25, 0.3) is 0 Å². The van der Waals surface area contributed by atoms with E-state index in [4.69, 9.17) is 0 Å². The highest BCUT2D eigenvalue weighted by atomic mass is 127. The molecule has 0 amide bonds. The maximum atomic E-state index is 13.5. The van der Waals surface area contributed by atoms with Gasteiger partial charge < -0.3 is 5.11 Å². The molecule has 1 atom stereocenters. The Kier molecular flexibility index (Phi) is 4.92. The van der Waals surface area contributed by atoms with Crippen LogP contribution in [0.4, 0.5) is 8.78 Å². The molecule has 5 heteroatoms. The van der Waals surface area contributed by atoms with Crippen LogP contribution in [0.15, 0.2) is 40.9 Å². The first-order valence-electron chi connectivity index (χ1n) is 5.54. The van der Waals surface area contributed by atoms with Gasteiger partial charge in [0, 0.05) is 14.5 Å². The standard InChI is InChI=1S/C14H10BrF2IO/c15-12-3-2-10(18)7-11(12)14(19)6-8-5-9(16)1-4-13(8)17/h1-5,7,14,19H,6H2. The third-order valence-corrected chi connectivity index (χ3v) is 4.13. The number of halogens is 4. The van der Waals surface area contributed by atoms with Gasteiger partial charge in [0.2, 0.25) is 0 Å². The number of aliphatic hydroxyl groups is 1. The molecule has 0 aliphatic carbocycles. The van der Waals surface area contributed by atoms with E-state index in [2.05, 4.69) is 38.5 Å². The number of hydrogen-bond acceptors (Lipinski definition) is 1. The Balaban J connectivity index is 2.27. The Morgan fingerprint density at radius 1 is 1.16 bits per heavy atom. The number of aliphatic hydroxyl groups excluding tert-OH is 1. The monoisotopic (exact) mass is 438 g/mol. The molecule has 1 N–H and O–H groups in total. The molecule has 1 nitrogen and oxygen atoms in total. The van der Waals surface area contributed by atoms with E-state index in [1.807, 2.05) is 18.2 Å². The summed E-state index contributed by atoms with van der Waals surface area (Å²) < 4.78 is 28.3. The Labute approximate surface area is 131 Å². The zero-order valence-electron chi connectivity index (χ0n) is 9.71. The maximum Gasteiger partial charge on any atom is 0.126 e. The van der Waals surface area contributed by atoms with E-state index in [-0.39, 0.29) is 12.0 Å². The second kappa shape index (κ2) is 6.28. The Bertz CT molecular complexity index is 604. The van der Waals surface area contributed by atoms with Crippen molar-refractivity contribution in [3.05, 3.63) is 67.2 Å². The van der Waals surface area contributed by atoms with Crippen molar-refractivity contribution < 1.29 is 13.9 Å². The van der Waals surface area contributed by atoms with Gasteiger partial charge in [0.15, 0.2) is 0 Å². The van der Waals surface area contributed by atoms with Crippen LogP contribution in [0.25, 0.3) is 0 Å². The van der Waals surface area contributed by atoms with Crippen molar-refractivity contribution in [2.24, 2.45) is 0 Å². The molecule has 0 spiro atoms. The molecule has 0 fully saturated rings. The van der Waals surface area contributed by atoms with E-state index in [1.54, 1.807) is 0 Å². The third kappa shape index (κ3) is 3.73.